The summed E-state index contributed by atoms with van der Waals surface area (Å²) in [6.45, 7) is 1.57. The van der Waals surface area contributed by atoms with Crippen LogP contribution in [0.25, 0.3) is 0 Å². The van der Waals surface area contributed by atoms with Crippen molar-refractivity contribution in [2.45, 2.75) is 32.5 Å². The van der Waals surface area contributed by atoms with Gasteiger partial charge < -0.3 is 20.1 Å². The average Bonchev–Trinajstić information content (AvgIpc) is 3.09. The van der Waals surface area contributed by atoms with Gasteiger partial charge in [-0.15, -0.1) is 0 Å². The molecule has 0 bridgehead atoms. The maximum atomic E-state index is 12.5. The Labute approximate surface area is 157 Å². The Morgan fingerprint density at radius 1 is 1.30 bits per heavy atom. The molecule has 142 valence electrons. The molecule has 2 N–H and O–H groups in total. The van der Waals surface area contributed by atoms with Crippen LogP contribution in [-0.4, -0.2) is 51.5 Å². The zero-order valence-corrected chi connectivity index (χ0v) is 15.3. The molecule has 2 amide bonds. The number of hydrogen-bond donors (Lipinski definition) is 2. The largest absolute Gasteiger partial charge is 0.497 e. The Bertz CT molecular complexity index is 838. The van der Waals surface area contributed by atoms with Gasteiger partial charge in [-0.05, 0) is 17.7 Å². The zero-order chi connectivity index (χ0) is 19.4. The quantitative estimate of drug-likeness (QED) is 0.763. The number of amides is 2. The number of nitrogens with zero attached hydrogens (tertiary/aromatic N) is 3. The summed E-state index contributed by atoms with van der Waals surface area (Å²) in [5.74, 6) is 0.775. The van der Waals surface area contributed by atoms with E-state index in [-0.39, 0.29) is 11.8 Å². The molecule has 0 aliphatic carbocycles. The van der Waals surface area contributed by atoms with Crippen molar-refractivity contribution in [3.63, 3.8) is 0 Å². The first-order valence-corrected chi connectivity index (χ1v) is 8.63. The van der Waals surface area contributed by atoms with Gasteiger partial charge in [0.2, 0.25) is 11.8 Å². The van der Waals surface area contributed by atoms with Crippen LogP contribution in [0.1, 0.15) is 29.6 Å². The number of nitrogens with one attached hydrogen (secondary N) is 1. The highest BCUT2D eigenvalue weighted by Gasteiger charge is 2.30. The fourth-order valence-electron chi connectivity index (χ4n) is 3.01. The number of fused-ring (bicyclic) bond motifs is 1. The Morgan fingerprint density at radius 3 is 2.67 bits per heavy atom. The van der Waals surface area contributed by atoms with Crippen LogP contribution in [0.3, 0.4) is 0 Å². The molecule has 8 heteroatoms. The van der Waals surface area contributed by atoms with E-state index in [1.54, 1.807) is 18.2 Å². The molecular weight excluding hydrogens is 348 g/mol. The topological polar surface area (TPSA) is 105 Å². The molecule has 2 heterocycles. The maximum absolute atomic E-state index is 12.5. The smallest absolute Gasteiger partial charge is 0.248 e. The van der Waals surface area contributed by atoms with Gasteiger partial charge in [0.25, 0.3) is 0 Å². The van der Waals surface area contributed by atoms with E-state index in [1.807, 2.05) is 24.3 Å². The maximum Gasteiger partial charge on any atom is 0.248 e. The molecule has 1 aliphatic heterocycles. The van der Waals surface area contributed by atoms with E-state index in [0.29, 0.717) is 25.3 Å². The van der Waals surface area contributed by atoms with Crippen LogP contribution < -0.4 is 10.1 Å². The standard InChI is InChI=1S/C19H22N4O4/c1-12(25)21-17(11-24)19(26)23-9-14-8-20-18(22-16(14)10-23)7-13-3-5-15(27-2)6-4-13/h3-6,8,17,24H,7,9-11H2,1-2H3,(H,21,25)/t17-/m1/s1. The lowest BCUT2D eigenvalue weighted by molar-refractivity contribution is -0.137. The lowest BCUT2D eigenvalue weighted by Crippen LogP contribution is -2.48. The number of methoxy groups -OCH3 is 1. The molecule has 0 saturated carbocycles. The van der Waals surface area contributed by atoms with E-state index in [4.69, 9.17) is 4.74 Å². The summed E-state index contributed by atoms with van der Waals surface area (Å²) in [5.41, 5.74) is 2.73. The third-order valence-electron chi connectivity index (χ3n) is 4.40. The fraction of sp³-hybridized carbons (Fsp3) is 0.368. The highest BCUT2D eigenvalue weighted by molar-refractivity contribution is 5.87. The van der Waals surface area contributed by atoms with Gasteiger partial charge in [0, 0.05) is 31.6 Å². The van der Waals surface area contributed by atoms with Gasteiger partial charge in [0.05, 0.1) is 26.0 Å². The Hall–Kier alpha value is -3.00. The summed E-state index contributed by atoms with van der Waals surface area (Å²) in [6.07, 6.45) is 2.32. The van der Waals surface area contributed by atoms with Crippen LogP contribution in [0.5, 0.6) is 5.75 Å². The first-order valence-electron chi connectivity index (χ1n) is 8.63. The van der Waals surface area contributed by atoms with Crippen LogP contribution in [0.15, 0.2) is 30.5 Å². The molecule has 1 atom stereocenters. The molecule has 2 aromatic rings. The van der Waals surface area contributed by atoms with Crippen LogP contribution in [0.4, 0.5) is 0 Å². The number of carbonyl (C=O) groups is 2. The monoisotopic (exact) mass is 370 g/mol. The summed E-state index contributed by atoms with van der Waals surface area (Å²) >= 11 is 0. The number of aromatic nitrogens is 2. The number of rotatable bonds is 6. The van der Waals surface area contributed by atoms with Crippen molar-refractivity contribution in [3.05, 3.63) is 53.1 Å². The Balaban J connectivity index is 1.68. The predicted octanol–water partition coefficient (Wildman–Crippen LogP) is 0.415. The third kappa shape index (κ3) is 4.40. The van der Waals surface area contributed by atoms with Crippen molar-refractivity contribution in [2.24, 2.45) is 0 Å². The third-order valence-corrected chi connectivity index (χ3v) is 4.40. The SMILES string of the molecule is COc1ccc(Cc2ncc3c(n2)CN(C(=O)[C@@H](CO)NC(C)=O)C3)cc1. The molecule has 1 aromatic carbocycles. The van der Waals surface area contributed by atoms with E-state index in [9.17, 15) is 14.7 Å². The average molecular weight is 370 g/mol. The molecular formula is C19H22N4O4. The normalized spacial score (nSPS) is 13.8. The second-order valence-electron chi connectivity index (χ2n) is 6.41. The molecule has 0 radical (unpaired) electrons. The Kier molecular flexibility index (Phi) is 5.66. The number of carbonyl (C=O) groups excluding carboxylic acids is 2. The summed E-state index contributed by atoms with van der Waals surface area (Å²) in [5, 5.41) is 11.8. The molecule has 1 aromatic heterocycles. The lowest BCUT2D eigenvalue weighted by atomic mass is 10.1. The zero-order valence-electron chi connectivity index (χ0n) is 15.3. The predicted molar refractivity (Wildman–Crippen MR) is 96.8 cm³/mol. The van der Waals surface area contributed by atoms with Gasteiger partial charge >= 0.3 is 0 Å². The van der Waals surface area contributed by atoms with Crippen molar-refractivity contribution in [2.75, 3.05) is 13.7 Å². The van der Waals surface area contributed by atoms with Gasteiger partial charge in [-0.25, -0.2) is 9.97 Å². The van der Waals surface area contributed by atoms with Crippen molar-refractivity contribution >= 4 is 11.8 Å². The van der Waals surface area contributed by atoms with Crippen LogP contribution >= 0.6 is 0 Å². The lowest BCUT2D eigenvalue weighted by Gasteiger charge is -2.21. The molecule has 0 fully saturated rings. The van der Waals surface area contributed by atoms with Gasteiger partial charge in [-0.2, -0.15) is 0 Å². The highest BCUT2D eigenvalue weighted by Crippen LogP contribution is 2.22. The summed E-state index contributed by atoms with van der Waals surface area (Å²) in [4.78, 5) is 34.2. The number of aliphatic hydroxyl groups excluding tert-OH is 1. The van der Waals surface area contributed by atoms with E-state index in [1.165, 1.54) is 6.92 Å². The second kappa shape index (κ2) is 8.13. The van der Waals surface area contributed by atoms with E-state index in [0.717, 1.165) is 22.6 Å². The summed E-state index contributed by atoms with van der Waals surface area (Å²) in [6, 6.07) is 6.76. The van der Waals surface area contributed by atoms with Crippen LogP contribution in [-0.2, 0) is 29.1 Å². The van der Waals surface area contributed by atoms with Gasteiger partial charge in [-0.3, -0.25) is 9.59 Å². The van der Waals surface area contributed by atoms with Gasteiger partial charge in [0.15, 0.2) is 0 Å². The molecule has 0 spiro atoms. The first-order chi connectivity index (χ1) is 13.0. The van der Waals surface area contributed by atoms with Crippen molar-refractivity contribution in [1.82, 2.24) is 20.2 Å². The molecule has 8 nitrogen and oxygen atoms in total. The summed E-state index contributed by atoms with van der Waals surface area (Å²) < 4.78 is 5.15. The van der Waals surface area contributed by atoms with Crippen molar-refractivity contribution in [3.8, 4) is 5.75 Å². The highest BCUT2D eigenvalue weighted by atomic mass is 16.5. The number of benzene rings is 1. The van der Waals surface area contributed by atoms with Gasteiger partial charge in [0.1, 0.15) is 17.6 Å². The fourth-order valence-corrected chi connectivity index (χ4v) is 3.01. The number of aliphatic hydroxyl groups is 1. The summed E-state index contributed by atoms with van der Waals surface area (Å²) in [7, 11) is 1.62. The van der Waals surface area contributed by atoms with Crippen molar-refractivity contribution < 1.29 is 19.4 Å². The molecule has 27 heavy (non-hydrogen) atoms. The number of hydrogen-bond acceptors (Lipinski definition) is 6. The van der Waals surface area contributed by atoms with Crippen LogP contribution in [0.2, 0.25) is 0 Å². The minimum absolute atomic E-state index is 0.331. The van der Waals surface area contributed by atoms with Crippen molar-refractivity contribution in [1.29, 1.82) is 0 Å². The number of ether oxygens (including phenoxy) is 1. The molecule has 3 rings (SSSR count). The molecule has 0 saturated heterocycles. The minimum Gasteiger partial charge on any atom is -0.497 e. The second-order valence-corrected chi connectivity index (χ2v) is 6.41. The van der Waals surface area contributed by atoms with Crippen LogP contribution in [0, 0.1) is 0 Å². The molecule has 1 aliphatic rings. The first kappa shape index (κ1) is 18.8. The van der Waals surface area contributed by atoms with Gasteiger partial charge in [-0.1, -0.05) is 12.1 Å². The van der Waals surface area contributed by atoms with E-state index in [2.05, 4.69) is 15.3 Å². The molecule has 0 unspecified atom stereocenters. The Morgan fingerprint density at radius 2 is 2.04 bits per heavy atom. The minimum atomic E-state index is -0.941. The van der Waals surface area contributed by atoms with E-state index < -0.39 is 12.6 Å². The van der Waals surface area contributed by atoms with E-state index >= 15 is 0 Å².